The van der Waals surface area contributed by atoms with E-state index in [0.29, 0.717) is 25.1 Å². The molecule has 0 radical (unpaired) electrons. The predicted molar refractivity (Wildman–Crippen MR) is 90.4 cm³/mol. The molecule has 1 amide bonds. The topological polar surface area (TPSA) is 84.7 Å². The minimum absolute atomic E-state index is 0.0567. The van der Waals surface area contributed by atoms with Gasteiger partial charge in [-0.05, 0) is 12.0 Å². The number of carboxylic acid groups (broad SMARTS) is 1. The molecule has 0 bridgehead atoms. The third-order valence-corrected chi connectivity index (χ3v) is 4.32. The summed E-state index contributed by atoms with van der Waals surface area (Å²) in [6.45, 7) is 3.24. The number of benzene rings is 1. The van der Waals surface area contributed by atoms with Gasteiger partial charge in [0.2, 0.25) is 0 Å². The highest BCUT2D eigenvalue weighted by molar-refractivity contribution is 5.95. The molecule has 1 aliphatic heterocycles. The van der Waals surface area contributed by atoms with Crippen molar-refractivity contribution in [3.8, 4) is 0 Å². The summed E-state index contributed by atoms with van der Waals surface area (Å²) in [5.41, 5.74) is 2.49. The lowest BCUT2D eigenvalue weighted by molar-refractivity contribution is -0.154. The Hall–Kier alpha value is -2.67. The largest absolute Gasteiger partial charge is 0.479 e. The summed E-state index contributed by atoms with van der Waals surface area (Å²) < 4.78 is 7.01. The van der Waals surface area contributed by atoms with Crippen LogP contribution in [0.15, 0.2) is 36.5 Å². The van der Waals surface area contributed by atoms with Crippen LogP contribution in [0.2, 0.25) is 0 Å². The third-order valence-electron chi connectivity index (χ3n) is 4.32. The third kappa shape index (κ3) is 3.71. The Morgan fingerprint density at radius 1 is 1.32 bits per heavy atom. The second kappa shape index (κ2) is 7.48. The van der Waals surface area contributed by atoms with E-state index in [1.165, 1.54) is 4.90 Å². The van der Waals surface area contributed by atoms with Gasteiger partial charge in [-0.25, -0.2) is 4.79 Å². The maximum Gasteiger partial charge on any atom is 0.334 e. The summed E-state index contributed by atoms with van der Waals surface area (Å²) in [4.78, 5) is 25.5. The number of hydrogen-bond donors (Lipinski definition) is 1. The summed E-state index contributed by atoms with van der Waals surface area (Å²) in [6.07, 6.45) is 1.28. The van der Waals surface area contributed by atoms with E-state index in [0.717, 1.165) is 11.3 Å². The van der Waals surface area contributed by atoms with Crippen LogP contribution in [0.5, 0.6) is 0 Å². The van der Waals surface area contributed by atoms with Crippen molar-refractivity contribution in [1.29, 1.82) is 0 Å². The van der Waals surface area contributed by atoms with Gasteiger partial charge in [0.25, 0.3) is 5.91 Å². The first-order valence-electron chi connectivity index (χ1n) is 8.32. The molecule has 0 saturated carbocycles. The summed E-state index contributed by atoms with van der Waals surface area (Å²) in [5.74, 6) is -1.24. The molecule has 7 heteroatoms. The number of nitrogens with zero attached hydrogens (tertiary/aromatic N) is 3. The zero-order valence-corrected chi connectivity index (χ0v) is 14.1. The van der Waals surface area contributed by atoms with Crippen LogP contribution in [0.4, 0.5) is 0 Å². The summed E-state index contributed by atoms with van der Waals surface area (Å²) in [5, 5.41) is 13.5. The van der Waals surface area contributed by atoms with E-state index in [9.17, 15) is 9.59 Å². The Labute approximate surface area is 145 Å². The van der Waals surface area contributed by atoms with Crippen LogP contribution >= 0.6 is 0 Å². The monoisotopic (exact) mass is 343 g/mol. The molecule has 1 fully saturated rings. The highest BCUT2D eigenvalue weighted by atomic mass is 16.5. The van der Waals surface area contributed by atoms with Crippen molar-refractivity contribution in [2.45, 2.75) is 26.0 Å². The molecule has 0 unspecified atom stereocenters. The van der Waals surface area contributed by atoms with Crippen LogP contribution in [0.3, 0.4) is 0 Å². The molecule has 7 nitrogen and oxygen atoms in total. The van der Waals surface area contributed by atoms with E-state index >= 15 is 0 Å². The highest BCUT2D eigenvalue weighted by Crippen LogP contribution is 2.17. The van der Waals surface area contributed by atoms with Gasteiger partial charge in [-0.2, -0.15) is 5.10 Å². The van der Waals surface area contributed by atoms with Gasteiger partial charge in [0.1, 0.15) is 0 Å². The first-order chi connectivity index (χ1) is 12.1. The van der Waals surface area contributed by atoms with Crippen molar-refractivity contribution in [2.75, 3.05) is 19.7 Å². The van der Waals surface area contributed by atoms with E-state index in [2.05, 4.69) is 5.10 Å². The smallest absolute Gasteiger partial charge is 0.334 e. The fraction of sp³-hybridized carbons (Fsp3) is 0.389. The average Bonchev–Trinajstić information content (AvgIpc) is 3.04. The van der Waals surface area contributed by atoms with E-state index in [-0.39, 0.29) is 19.1 Å². The van der Waals surface area contributed by atoms with Crippen molar-refractivity contribution in [1.82, 2.24) is 14.7 Å². The molecule has 0 spiro atoms. The molecule has 132 valence electrons. The number of aromatic nitrogens is 2. The van der Waals surface area contributed by atoms with Crippen molar-refractivity contribution >= 4 is 11.9 Å². The van der Waals surface area contributed by atoms with Crippen LogP contribution in [0.25, 0.3) is 0 Å². The van der Waals surface area contributed by atoms with E-state index in [4.69, 9.17) is 9.84 Å². The quantitative estimate of drug-likeness (QED) is 0.887. The Morgan fingerprint density at radius 2 is 2.08 bits per heavy atom. The zero-order valence-electron chi connectivity index (χ0n) is 14.1. The maximum absolute atomic E-state index is 12.8. The molecule has 1 aromatic heterocycles. The number of carbonyl (C=O) groups excluding carboxylic acids is 1. The molecule has 3 rings (SSSR count). The zero-order chi connectivity index (χ0) is 17.8. The fourth-order valence-electron chi connectivity index (χ4n) is 3.01. The molecular formula is C18H21N3O4. The first-order valence-corrected chi connectivity index (χ1v) is 8.32. The first kappa shape index (κ1) is 17.2. The second-order valence-corrected chi connectivity index (χ2v) is 5.95. The lowest BCUT2D eigenvalue weighted by atomic mass is 10.1. The van der Waals surface area contributed by atoms with Crippen LogP contribution in [-0.2, 0) is 22.5 Å². The van der Waals surface area contributed by atoms with Crippen molar-refractivity contribution in [3.05, 3.63) is 53.3 Å². The Morgan fingerprint density at radius 3 is 2.76 bits per heavy atom. The van der Waals surface area contributed by atoms with Crippen LogP contribution in [-0.4, -0.2) is 57.5 Å². The Bertz CT molecular complexity index is 757. The van der Waals surface area contributed by atoms with Gasteiger partial charge in [-0.1, -0.05) is 37.3 Å². The fourth-order valence-corrected chi connectivity index (χ4v) is 3.01. The lowest BCUT2D eigenvalue weighted by Crippen LogP contribution is -2.48. The molecule has 1 saturated heterocycles. The standard InChI is InChI=1S/C18H21N3O4/c1-2-15-14(10-19-21(15)11-13-6-4-3-5-7-13)17(22)20-8-9-25-16(12-20)18(23)24/h3-7,10,16H,2,8-9,11-12H2,1H3,(H,23,24)/t16-/m1/s1. The maximum atomic E-state index is 12.8. The molecule has 1 N–H and O–H groups in total. The van der Waals surface area contributed by atoms with E-state index < -0.39 is 12.1 Å². The molecule has 0 aliphatic carbocycles. The van der Waals surface area contributed by atoms with Gasteiger partial charge in [-0.3, -0.25) is 9.48 Å². The van der Waals surface area contributed by atoms with Crippen LogP contribution in [0, 0.1) is 0 Å². The van der Waals surface area contributed by atoms with Gasteiger partial charge in [0.15, 0.2) is 6.10 Å². The molecule has 2 heterocycles. The molecule has 1 atom stereocenters. The van der Waals surface area contributed by atoms with Crippen LogP contribution in [0.1, 0.15) is 28.5 Å². The highest BCUT2D eigenvalue weighted by Gasteiger charge is 2.31. The van der Waals surface area contributed by atoms with Crippen molar-refractivity contribution in [3.63, 3.8) is 0 Å². The summed E-state index contributed by atoms with van der Waals surface area (Å²) in [6, 6.07) is 9.93. The summed E-state index contributed by atoms with van der Waals surface area (Å²) in [7, 11) is 0. The van der Waals surface area contributed by atoms with Crippen molar-refractivity contribution in [2.24, 2.45) is 0 Å². The molecule has 2 aromatic rings. The van der Waals surface area contributed by atoms with Crippen molar-refractivity contribution < 1.29 is 19.4 Å². The minimum atomic E-state index is -1.05. The Balaban J connectivity index is 1.80. The van der Waals surface area contributed by atoms with Gasteiger partial charge >= 0.3 is 5.97 Å². The normalized spacial score (nSPS) is 17.5. The predicted octanol–water partition coefficient (Wildman–Crippen LogP) is 1.42. The number of amides is 1. The average molecular weight is 343 g/mol. The molecule has 1 aromatic carbocycles. The molecule has 25 heavy (non-hydrogen) atoms. The van der Waals surface area contributed by atoms with E-state index in [1.807, 2.05) is 41.9 Å². The summed E-state index contributed by atoms with van der Waals surface area (Å²) >= 11 is 0. The second-order valence-electron chi connectivity index (χ2n) is 5.95. The van der Waals surface area contributed by atoms with Crippen LogP contribution < -0.4 is 0 Å². The SMILES string of the molecule is CCc1c(C(=O)N2CCO[C@@H](C(=O)O)C2)cnn1Cc1ccccc1. The minimum Gasteiger partial charge on any atom is -0.479 e. The van der Waals surface area contributed by atoms with E-state index in [1.54, 1.807) is 6.20 Å². The number of carboxylic acids is 1. The number of morpholine rings is 1. The number of aliphatic carboxylic acids is 1. The molecular weight excluding hydrogens is 322 g/mol. The van der Waals surface area contributed by atoms with Gasteiger partial charge < -0.3 is 14.7 Å². The van der Waals surface area contributed by atoms with Gasteiger partial charge in [0, 0.05) is 6.54 Å². The number of hydrogen-bond acceptors (Lipinski definition) is 4. The lowest BCUT2D eigenvalue weighted by Gasteiger charge is -2.30. The molecule has 1 aliphatic rings. The number of rotatable bonds is 5. The number of carbonyl (C=O) groups is 2. The van der Waals surface area contributed by atoms with Gasteiger partial charge in [-0.15, -0.1) is 0 Å². The Kier molecular flexibility index (Phi) is 5.14. The van der Waals surface area contributed by atoms with Gasteiger partial charge in [0.05, 0.1) is 37.2 Å². The number of ether oxygens (including phenoxy) is 1.